The van der Waals surface area contributed by atoms with Gasteiger partial charge in [0.2, 0.25) is 0 Å². The lowest BCUT2D eigenvalue weighted by atomic mass is 10.1. The van der Waals surface area contributed by atoms with Crippen LogP contribution in [0.2, 0.25) is 0 Å². The Morgan fingerprint density at radius 3 is 2.86 bits per heavy atom. The third kappa shape index (κ3) is 3.20. The van der Waals surface area contributed by atoms with Gasteiger partial charge in [0.05, 0.1) is 0 Å². The third-order valence-electron chi connectivity index (χ3n) is 1.85. The zero-order valence-corrected chi connectivity index (χ0v) is 8.18. The van der Waals surface area contributed by atoms with Crippen LogP contribution >= 0.6 is 0 Å². The SMILES string of the molecule is Cc1cc(C#CCCCO)ccc1F. The van der Waals surface area contributed by atoms with E-state index < -0.39 is 0 Å². The maximum atomic E-state index is 12.9. The zero-order chi connectivity index (χ0) is 10.4. The molecule has 1 nitrogen and oxygen atoms in total. The lowest BCUT2D eigenvalue weighted by Crippen LogP contribution is -1.83. The normalized spacial score (nSPS) is 9.36. The first-order valence-electron chi connectivity index (χ1n) is 4.60. The molecule has 1 N–H and O–H groups in total. The second kappa shape index (κ2) is 5.41. The molecule has 0 heterocycles. The van der Waals surface area contributed by atoms with Gasteiger partial charge in [-0.05, 0) is 37.1 Å². The predicted octanol–water partition coefficient (Wildman–Crippen LogP) is 2.26. The Morgan fingerprint density at radius 1 is 1.43 bits per heavy atom. The number of aryl methyl sites for hydroxylation is 1. The van der Waals surface area contributed by atoms with Crippen LogP contribution in [-0.2, 0) is 0 Å². The summed E-state index contributed by atoms with van der Waals surface area (Å²) < 4.78 is 12.9. The van der Waals surface area contributed by atoms with E-state index in [1.165, 1.54) is 6.07 Å². The van der Waals surface area contributed by atoms with E-state index in [1.54, 1.807) is 19.1 Å². The minimum Gasteiger partial charge on any atom is -0.396 e. The number of hydrogen-bond donors (Lipinski definition) is 1. The fourth-order valence-corrected chi connectivity index (χ4v) is 1.05. The molecule has 0 atom stereocenters. The number of unbranched alkanes of at least 4 members (excludes halogenated alkanes) is 1. The third-order valence-corrected chi connectivity index (χ3v) is 1.85. The molecule has 0 amide bonds. The maximum absolute atomic E-state index is 12.9. The van der Waals surface area contributed by atoms with Crippen molar-refractivity contribution < 1.29 is 9.50 Å². The van der Waals surface area contributed by atoms with E-state index >= 15 is 0 Å². The number of aliphatic hydroxyl groups is 1. The quantitative estimate of drug-likeness (QED) is 0.563. The Kier molecular flexibility index (Phi) is 4.15. The van der Waals surface area contributed by atoms with Crippen molar-refractivity contribution in [2.45, 2.75) is 19.8 Å². The van der Waals surface area contributed by atoms with E-state index in [0.29, 0.717) is 18.4 Å². The van der Waals surface area contributed by atoms with E-state index in [1.807, 2.05) is 0 Å². The average Bonchev–Trinajstić information content (AvgIpc) is 2.18. The summed E-state index contributed by atoms with van der Waals surface area (Å²) in [7, 11) is 0. The highest BCUT2D eigenvalue weighted by molar-refractivity contribution is 5.37. The van der Waals surface area contributed by atoms with Crippen molar-refractivity contribution >= 4 is 0 Å². The van der Waals surface area contributed by atoms with Crippen molar-refractivity contribution in [2.24, 2.45) is 0 Å². The molecular weight excluding hydrogens is 179 g/mol. The molecule has 0 unspecified atom stereocenters. The molecule has 0 saturated heterocycles. The molecule has 0 aromatic heterocycles. The molecule has 0 fully saturated rings. The molecule has 0 radical (unpaired) electrons. The van der Waals surface area contributed by atoms with Gasteiger partial charge in [0.25, 0.3) is 0 Å². The molecule has 14 heavy (non-hydrogen) atoms. The van der Waals surface area contributed by atoms with Crippen molar-refractivity contribution in [3.05, 3.63) is 35.1 Å². The summed E-state index contributed by atoms with van der Waals surface area (Å²) in [6.07, 6.45) is 1.36. The van der Waals surface area contributed by atoms with Crippen molar-refractivity contribution in [3.63, 3.8) is 0 Å². The first kappa shape index (κ1) is 10.7. The maximum Gasteiger partial charge on any atom is 0.126 e. The standard InChI is InChI=1S/C12H13FO/c1-10-9-11(6-7-12(10)13)5-3-2-4-8-14/h6-7,9,14H,2,4,8H2,1H3. The highest BCUT2D eigenvalue weighted by Crippen LogP contribution is 2.07. The van der Waals surface area contributed by atoms with E-state index in [-0.39, 0.29) is 12.4 Å². The van der Waals surface area contributed by atoms with Gasteiger partial charge < -0.3 is 5.11 Å². The van der Waals surface area contributed by atoms with Gasteiger partial charge >= 0.3 is 0 Å². The Balaban J connectivity index is 2.66. The molecule has 2 heteroatoms. The Labute approximate surface area is 83.6 Å². The lowest BCUT2D eigenvalue weighted by molar-refractivity contribution is 0.290. The van der Waals surface area contributed by atoms with Crippen LogP contribution < -0.4 is 0 Å². The minimum absolute atomic E-state index is 0.164. The molecular formula is C12H13FO. The highest BCUT2D eigenvalue weighted by Gasteiger charge is 1.95. The van der Waals surface area contributed by atoms with E-state index in [0.717, 1.165) is 5.56 Å². The average molecular weight is 192 g/mol. The largest absolute Gasteiger partial charge is 0.396 e. The van der Waals surface area contributed by atoms with Crippen LogP contribution in [-0.4, -0.2) is 11.7 Å². The van der Waals surface area contributed by atoms with Crippen molar-refractivity contribution in [1.29, 1.82) is 0 Å². The van der Waals surface area contributed by atoms with Crippen LogP contribution in [0.5, 0.6) is 0 Å². The number of hydrogen-bond acceptors (Lipinski definition) is 1. The molecule has 0 bridgehead atoms. The lowest BCUT2D eigenvalue weighted by Gasteiger charge is -1.95. The second-order valence-corrected chi connectivity index (χ2v) is 3.09. The van der Waals surface area contributed by atoms with Crippen LogP contribution in [0.3, 0.4) is 0 Å². The van der Waals surface area contributed by atoms with Crippen molar-refractivity contribution in [1.82, 2.24) is 0 Å². The van der Waals surface area contributed by atoms with Crippen molar-refractivity contribution in [2.75, 3.05) is 6.61 Å². The highest BCUT2D eigenvalue weighted by atomic mass is 19.1. The van der Waals surface area contributed by atoms with Crippen LogP contribution in [0.1, 0.15) is 24.0 Å². The van der Waals surface area contributed by atoms with Crippen LogP contribution in [0.4, 0.5) is 4.39 Å². The predicted molar refractivity (Wildman–Crippen MR) is 54.3 cm³/mol. The van der Waals surface area contributed by atoms with E-state index in [4.69, 9.17) is 5.11 Å². The zero-order valence-electron chi connectivity index (χ0n) is 8.18. The van der Waals surface area contributed by atoms with E-state index in [2.05, 4.69) is 11.8 Å². The van der Waals surface area contributed by atoms with Gasteiger partial charge in [-0.15, -0.1) is 0 Å². The molecule has 0 aliphatic heterocycles. The van der Waals surface area contributed by atoms with Gasteiger partial charge in [0.1, 0.15) is 5.82 Å². The molecule has 1 rings (SSSR count). The Morgan fingerprint density at radius 2 is 2.21 bits per heavy atom. The summed E-state index contributed by atoms with van der Waals surface area (Å²) in [4.78, 5) is 0. The van der Waals surface area contributed by atoms with Crippen molar-refractivity contribution in [3.8, 4) is 11.8 Å². The van der Waals surface area contributed by atoms with E-state index in [9.17, 15) is 4.39 Å². The Hall–Kier alpha value is -1.33. The van der Waals surface area contributed by atoms with Crippen LogP contribution in [0, 0.1) is 24.6 Å². The van der Waals surface area contributed by atoms with Gasteiger partial charge in [-0.3, -0.25) is 0 Å². The number of rotatable bonds is 2. The summed E-state index contributed by atoms with van der Waals surface area (Å²) in [6.45, 7) is 1.88. The molecule has 0 spiro atoms. The van der Waals surface area contributed by atoms with Gasteiger partial charge in [-0.2, -0.15) is 0 Å². The summed E-state index contributed by atoms with van der Waals surface area (Å²) in [5, 5.41) is 8.53. The van der Waals surface area contributed by atoms with Gasteiger partial charge in [0, 0.05) is 18.6 Å². The monoisotopic (exact) mass is 192 g/mol. The fourth-order valence-electron chi connectivity index (χ4n) is 1.05. The summed E-state index contributed by atoms with van der Waals surface area (Å²) in [6, 6.07) is 4.81. The molecule has 74 valence electrons. The first-order valence-corrected chi connectivity index (χ1v) is 4.60. The molecule has 1 aromatic carbocycles. The molecule has 0 saturated carbocycles. The van der Waals surface area contributed by atoms with Gasteiger partial charge in [0.15, 0.2) is 0 Å². The number of halogens is 1. The fraction of sp³-hybridized carbons (Fsp3) is 0.333. The van der Waals surface area contributed by atoms with Gasteiger partial charge in [-0.1, -0.05) is 11.8 Å². The van der Waals surface area contributed by atoms with Crippen LogP contribution in [0.25, 0.3) is 0 Å². The molecule has 1 aromatic rings. The van der Waals surface area contributed by atoms with Gasteiger partial charge in [-0.25, -0.2) is 4.39 Å². The topological polar surface area (TPSA) is 20.2 Å². The number of benzene rings is 1. The molecule has 0 aliphatic rings. The smallest absolute Gasteiger partial charge is 0.126 e. The summed E-state index contributed by atoms with van der Waals surface area (Å²) in [5.41, 5.74) is 1.43. The second-order valence-electron chi connectivity index (χ2n) is 3.09. The van der Waals surface area contributed by atoms with Crippen LogP contribution in [0.15, 0.2) is 18.2 Å². The minimum atomic E-state index is -0.203. The summed E-state index contributed by atoms with van der Waals surface area (Å²) in [5.74, 6) is 5.63. The summed E-state index contributed by atoms with van der Waals surface area (Å²) >= 11 is 0. The Bertz CT molecular complexity index is 360. The number of aliphatic hydroxyl groups excluding tert-OH is 1. The first-order chi connectivity index (χ1) is 6.74. The molecule has 0 aliphatic carbocycles.